The van der Waals surface area contributed by atoms with Gasteiger partial charge in [-0.15, -0.1) is 0 Å². The van der Waals surface area contributed by atoms with E-state index in [9.17, 15) is 14.7 Å². The molecular formula is C69H87BN11O14. The van der Waals surface area contributed by atoms with Crippen molar-refractivity contribution in [1.29, 1.82) is 1.34 Å². The van der Waals surface area contributed by atoms with Crippen LogP contribution in [0.4, 0.5) is 0 Å². The van der Waals surface area contributed by atoms with Crippen LogP contribution in [0.3, 0.4) is 0 Å². The monoisotopic (exact) mass is 1310 g/mol. The van der Waals surface area contributed by atoms with E-state index in [4.69, 9.17) is 68.6 Å². The van der Waals surface area contributed by atoms with Gasteiger partial charge in [0, 0.05) is 84.7 Å². The van der Waals surface area contributed by atoms with Gasteiger partial charge in [0.25, 0.3) is 20.4 Å². The number of ether oxygens (including phenoxy) is 7. The molecule has 10 aromatic rings. The van der Waals surface area contributed by atoms with Gasteiger partial charge in [0.1, 0.15) is 72.4 Å². The first kappa shape index (κ1) is 70.0. The summed E-state index contributed by atoms with van der Waals surface area (Å²) in [5.41, 5.74) is 11.3. The fourth-order valence-electron chi connectivity index (χ4n) is 12.5. The Hall–Kier alpha value is -9.34. The molecule has 1 amide bonds. The van der Waals surface area contributed by atoms with Gasteiger partial charge in [-0.3, -0.25) is 14.5 Å². The van der Waals surface area contributed by atoms with Crippen molar-refractivity contribution < 1.29 is 67.0 Å². The average molecular weight is 1310 g/mol. The minimum absolute atomic E-state index is 0. The minimum Gasteiger partial charge on any atom is -0.496 e. The Labute approximate surface area is 554 Å². The molecule has 0 aliphatic carbocycles. The van der Waals surface area contributed by atoms with Crippen LogP contribution in [0.25, 0.3) is 88.6 Å². The topological polar surface area (TPSA) is 304 Å². The number of aromatic amines is 2. The first-order chi connectivity index (χ1) is 45.7. The van der Waals surface area contributed by atoms with Crippen molar-refractivity contribution in [1.82, 2.24) is 54.9 Å². The summed E-state index contributed by atoms with van der Waals surface area (Å²) in [6, 6.07) is 15.2. The van der Waals surface area contributed by atoms with Crippen molar-refractivity contribution in [2.75, 3.05) is 106 Å². The first-order valence-electron chi connectivity index (χ1n) is 31.7. The summed E-state index contributed by atoms with van der Waals surface area (Å²) < 4.78 is 57.3. The van der Waals surface area contributed by atoms with E-state index in [2.05, 4.69) is 35.1 Å². The molecule has 4 aliphatic rings. The summed E-state index contributed by atoms with van der Waals surface area (Å²) in [4.78, 5) is 57.0. The summed E-state index contributed by atoms with van der Waals surface area (Å²) in [6.45, 7) is 23.9. The molecule has 4 aliphatic heterocycles. The van der Waals surface area contributed by atoms with Crippen molar-refractivity contribution in [2.45, 2.75) is 89.5 Å². The molecule has 0 unspecified atom stereocenters. The molecule has 26 heteroatoms. The predicted molar refractivity (Wildman–Crippen MR) is 366 cm³/mol. The van der Waals surface area contributed by atoms with E-state index in [1.54, 1.807) is 26.4 Å². The Balaban J connectivity index is 0.000000204. The van der Waals surface area contributed by atoms with E-state index in [0.29, 0.717) is 169 Å². The number of nitrogens with one attached hydrogen (secondary N) is 2. The largest absolute Gasteiger partial charge is 0.496 e. The number of methoxy groups -OCH3 is 2. The normalized spacial score (nSPS) is 14.3. The fourth-order valence-corrected chi connectivity index (χ4v) is 12.5. The number of aliphatic hydroxyl groups excluding tert-OH is 2. The number of piperazine rings is 1. The number of H-pyrrole nitrogens is 2. The highest BCUT2D eigenvalue weighted by molar-refractivity contribution is 6.16. The number of carbonyl (C=O) groups excluding carboxylic acids is 2. The standard InChI is InChI=1S/C32H34N6O6.C26H22N4O6.C7H15NO.C2H6.2CH4.BH2O/c1-17-26(18(2)44-36-17)23-15-24-22(16-25(23)41-4)27-28(33-19(3)34-31(27)35-24)20-5-6-21(30-29(20)42-13-14-43-30)32(40)38-9-7-37(8-10-38)11-12-39;1-12-21(13(2)36-30-12)17-9-18-16(10-20(17)32-4)22-23(27-14(3)28-26(22)29-18)15-5-6-19(35-11-31)25-24(15)33-7-8-34-25;9-7-6-8-4-2-1-3-5-8;1-2;;;1-2/h5-6,15-16,39H,7-14H2,1-4H3,(H,33,34,35);5-6,9-11H,7-8H2,1-4H3,(H,27,28,29);9H,1-7H2;1-2H3;2*1H4;1-2H/i;;;;;;1T. The molecule has 0 atom stereocenters. The molecule has 4 aromatic carbocycles. The lowest BCUT2D eigenvalue weighted by Gasteiger charge is -2.35. The van der Waals surface area contributed by atoms with E-state index in [0.717, 1.165) is 72.8 Å². The summed E-state index contributed by atoms with van der Waals surface area (Å²) in [7, 11) is 3.52. The van der Waals surface area contributed by atoms with Crippen molar-refractivity contribution >= 4 is 64.3 Å². The second-order valence-corrected chi connectivity index (χ2v) is 22.2. The van der Waals surface area contributed by atoms with Gasteiger partial charge in [0.15, 0.2) is 23.0 Å². The van der Waals surface area contributed by atoms with Gasteiger partial charge in [-0.2, -0.15) is 0 Å². The smallest absolute Gasteiger partial charge is 0.298 e. The first-order valence-corrected chi connectivity index (χ1v) is 31.1. The number of likely N-dealkylation sites (tertiary alicyclic amines) is 1. The van der Waals surface area contributed by atoms with E-state index >= 15 is 0 Å². The molecule has 14 rings (SSSR count). The van der Waals surface area contributed by atoms with Crippen LogP contribution in [0.5, 0.6) is 40.2 Å². The third-order valence-electron chi connectivity index (χ3n) is 16.6. The molecule has 0 saturated carbocycles. The second kappa shape index (κ2) is 32.2. The van der Waals surface area contributed by atoms with Gasteiger partial charge in [0.05, 0.1) is 77.7 Å². The van der Waals surface area contributed by atoms with Crippen molar-refractivity contribution in [3.05, 3.63) is 88.7 Å². The SMILES string of the molecule is C.C.CC.COc1cc2c(cc1-c1c(C)noc1C)[nH]c1nc(C)nc(-c3ccc(C(=O)N4CCN(CCO)CC4)c4c3OCCO4)c12.COc1cc2c(cc1-c1c(C)noc1C)[nH]c1nc(C)nc(-c3ccc(OC=O)c4c3OCCO4)c12.OCCN1CCCCC1.[3H][B]O. The van der Waals surface area contributed by atoms with Crippen molar-refractivity contribution in [3.63, 3.8) is 0 Å². The zero-order valence-corrected chi connectivity index (χ0v) is 54.2. The summed E-state index contributed by atoms with van der Waals surface area (Å²) in [5.74, 6) is 5.86. The quantitative estimate of drug-likeness (QED) is 0.0529. The van der Waals surface area contributed by atoms with Crippen LogP contribution in [0.15, 0.2) is 57.6 Å². The predicted octanol–water partition coefficient (Wildman–Crippen LogP) is 10.1. The van der Waals surface area contributed by atoms with Gasteiger partial charge >= 0.3 is 0 Å². The third-order valence-corrected chi connectivity index (χ3v) is 16.6. The van der Waals surface area contributed by atoms with Crippen molar-refractivity contribution in [2.24, 2.45) is 0 Å². The van der Waals surface area contributed by atoms with Gasteiger partial charge in [-0.05, 0) is 116 Å². The number of carbonyl (C=O) groups is 2. The molecule has 2 fully saturated rings. The number of benzene rings is 4. The molecule has 2 saturated heterocycles. The van der Waals surface area contributed by atoms with Crippen LogP contribution < -0.4 is 33.2 Å². The van der Waals surface area contributed by atoms with Crippen LogP contribution in [0.2, 0.25) is 0 Å². The Morgan fingerprint density at radius 3 is 1.48 bits per heavy atom. The summed E-state index contributed by atoms with van der Waals surface area (Å²) >= 11 is 0. The number of nitrogens with zero attached hydrogens (tertiary/aromatic N) is 9. The number of aryl methyl sites for hydroxylation is 6. The zero-order chi connectivity index (χ0) is 66.7. The molecule has 5 N–H and O–H groups in total. The average Bonchev–Trinajstić information content (AvgIpc) is 1.51. The number of hydrogen-bond donors (Lipinski definition) is 5. The summed E-state index contributed by atoms with van der Waals surface area (Å²) in [5, 5.41) is 36.6. The zero-order valence-electron chi connectivity index (χ0n) is 55.2. The Morgan fingerprint density at radius 1 is 0.600 bits per heavy atom. The number of piperidine rings is 1. The highest BCUT2D eigenvalue weighted by Crippen LogP contribution is 2.50. The van der Waals surface area contributed by atoms with Crippen LogP contribution in [0, 0.1) is 41.5 Å². The minimum atomic E-state index is -0.102. The molecule has 10 heterocycles. The second-order valence-electron chi connectivity index (χ2n) is 22.2. The molecule has 505 valence electrons. The van der Waals surface area contributed by atoms with Gasteiger partial charge in [-0.25, -0.2) is 19.9 Å². The molecular weight excluding hydrogens is 1220 g/mol. The van der Waals surface area contributed by atoms with E-state index in [1.807, 2.05) is 96.7 Å². The number of rotatable bonds is 13. The third kappa shape index (κ3) is 14.5. The van der Waals surface area contributed by atoms with E-state index < -0.39 is 0 Å². The number of aliphatic hydroxyl groups is 2. The summed E-state index contributed by atoms with van der Waals surface area (Å²) in [6.07, 6.45) is 4.02. The Bertz CT molecular complexity index is 4290. The molecule has 1 radical (unpaired) electrons. The van der Waals surface area contributed by atoms with E-state index in [-0.39, 0.29) is 41.1 Å². The fraction of sp³-hybridized carbons (Fsp3) is 0.420. The Kier molecular flexibility index (Phi) is 23.7. The lowest BCUT2D eigenvalue weighted by atomic mass is 9.98. The molecule has 25 nitrogen and oxygen atoms in total. The maximum absolute atomic E-state index is 13.7. The maximum atomic E-state index is 13.7. The lowest BCUT2D eigenvalue weighted by molar-refractivity contribution is -0.120. The lowest BCUT2D eigenvalue weighted by Crippen LogP contribution is -2.49. The number of β-amino-alcohol motifs (C(OH)–C–C–N with tert-alkyl or cyclic N) is 2. The van der Waals surface area contributed by atoms with Crippen LogP contribution in [0.1, 0.15) is 92.9 Å². The van der Waals surface area contributed by atoms with E-state index in [1.165, 1.54) is 32.4 Å². The number of amides is 1. The van der Waals surface area contributed by atoms with Gasteiger partial charge in [-0.1, -0.05) is 45.4 Å². The molecule has 0 bridgehead atoms. The van der Waals surface area contributed by atoms with Crippen LogP contribution in [-0.4, -0.2) is 198 Å². The Morgan fingerprint density at radius 2 is 1.04 bits per heavy atom. The molecule has 0 spiro atoms. The number of aromatic nitrogens is 8. The van der Waals surface area contributed by atoms with Gasteiger partial charge < -0.3 is 77.2 Å². The van der Waals surface area contributed by atoms with Crippen LogP contribution in [-0.2, 0) is 4.79 Å². The molecule has 6 aromatic heterocycles. The highest BCUT2D eigenvalue weighted by atomic mass is 16.6. The number of fused-ring (bicyclic) bond motifs is 8. The highest BCUT2D eigenvalue weighted by Gasteiger charge is 2.32. The number of hydrogen-bond acceptors (Lipinski definition) is 22. The van der Waals surface area contributed by atoms with Gasteiger partial charge in [0.2, 0.25) is 5.75 Å². The maximum Gasteiger partial charge on any atom is 0.298 e. The molecule has 95 heavy (non-hydrogen) atoms. The van der Waals surface area contributed by atoms with Crippen LogP contribution >= 0.6 is 0 Å². The van der Waals surface area contributed by atoms with Crippen molar-refractivity contribution in [3.8, 4) is 85.0 Å².